The molecule has 2 aromatic rings. The Balaban J connectivity index is 2.12. The fraction of sp³-hybridized carbons (Fsp3) is 0.333. The highest BCUT2D eigenvalue weighted by molar-refractivity contribution is 8.00. The molecule has 0 bridgehead atoms. The minimum absolute atomic E-state index is 0.000662. The maximum atomic E-state index is 5.50. The van der Waals surface area contributed by atoms with Gasteiger partial charge in [0.1, 0.15) is 11.5 Å². The molecule has 112 valence electrons. The Morgan fingerprint density at radius 2 is 1.48 bits per heavy atom. The summed E-state index contributed by atoms with van der Waals surface area (Å²) in [4.78, 5) is 1.23. The lowest BCUT2D eigenvalue weighted by Gasteiger charge is -2.25. The first kappa shape index (κ1) is 15.8. The summed E-state index contributed by atoms with van der Waals surface area (Å²) < 4.78 is 10.7. The van der Waals surface area contributed by atoms with Crippen LogP contribution in [0.4, 0.5) is 0 Å². The molecule has 0 heterocycles. The lowest BCUT2D eigenvalue weighted by atomic mass is 10.0. The van der Waals surface area contributed by atoms with E-state index in [4.69, 9.17) is 9.47 Å². The molecule has 2 nitrogen and oxygen atoms in total. The van der Waals surface area contributed by atoms with E-state index in [0.717, 1.165) is 11.5 Å². The molecule has 0 aliphatic rings. The Kier molecular flexibility index (Phi) is 5.18. The highest BCUT2D eigenvalue weighted by atomic mass is 32.2. The zero-order valence-corrected chi connectivity index (χ0v) is 13.9. The van der Waals surface area contributed by atoms with Gasteiger partial charge in [0.05, 0.1) is 13.7 Å². The van der Waals surface area contributed by atoms with Gasteiger partial charge < -0.3 is 9.47 Å². The van der Waals surface area contributed by atoms with Crippen LogP contribution in [0, 0.1) is 0 Å². The molecule has 0 amide bonds. The van der Waals surface area contributed by atoms with Crippen LogP contribution in [0.3, 0.4) is 0 Å². The molecule has 2 aromatic carbocycles. The van der Waals surface area contributed by atoms with Crippen molar-refractivity contribution < 1.29 is 9.47 Å². The van der Waals surface area contributed by atoms with E-state index in [9.17, 15) is 0 Å². The minimum atomic E-state index is -0.000662. The monoisotopic (exact) mass is 302 g/mol. The first-order chi connectivity index (χ1) is 10.0. The molecule has 0 atom stereocenters. The van der Waals surface area contributed by atoms with Crippen molar-refractivity contribution in [2.24, 2.45) is 0 Å². The number of methoxy groups -OCH3 is 1. The van der Waals surface area contributed by atoms with Crippen LogP contribution in [0.2, 0.25) is 0 Å². The fourth-order valence-corrected chi connectivity index (χ4v) is 3.23. The molecular formula is C18H22O2S. The quantitative estimate of drug-likeness (QED) is 0.690. The van der Waals surface area contributed by atoms with Gasteiger partial charge in [-0.05, 0) is 62.7 Å². The van der Waals surface area contributed by atoms with E-state index in [1.165, 1.54) is 10.5 Å². The van der Waals surface area contributed by atoms with Crippen LogP contribution in [0.1, 0.15) is 26.3 Å². The molecule has 0 N–H and O–H groups in total. The second-order valence-corrected chi connectivity index (χ2v) is 6.94. The summed E-state index contributed by atoms with van der Waals surface area (Å²) in [5.41, 5.74) is 1.28. The normalized spacial score (nSPS) is 11.2. The van der Waals surface area contributed by atoms with E-state index < -0.39 is 0 Å². The average Bonchev–Trinajstić information content (AvgIpc) is 2.48. The van der Waals surface area contributed by atoms with Gasteiger partial charge >= 0.3 is 0 Å². The largest absolute Gasteiger partial charge is 0.497 e. The van der Waals surface area contributed by atoms with Crippen LogP contribution in [0.5, 0.6) is 11.5 Å². The van der Waals surface area contributed by atoms with Crippen LogP contribution in [0.15, 0.2) is 53.4 Å². The summed E-state index contributed by atoms with van der Waals surface area (Å²) in [6.07, 6.45) is 0. The first-order valence-corrected chi connectivity index (χ1v) is 7.93. The van der Waals surface area contributed by atoms with Crippen molar-refractivity contribution in [2.45, 2.75) is 30.4 Å². The Morgan fingerprint density at radius 1 is 0.905 bits per heavy atom. The van der Waals surface area contributed by atoms with Crippen LogP contribution in [-0.2, 0) is 4.75 Å². The molecule has 0 unspecified atom stereocenters. The van der Waals surface area contributed by atoms with Crippen molar-refractivity contribution in [1.29, 1.82) is 0 Å². The van der Waals surface area contributed by atoms with Crippen LogP contribution in [-0.4, -0.2) is 13.7 Å². The summed E-state index contributed by atoms with van der Waals surface area (Å²) in [5, 5.41) is 0. The van der Waals surface area contributed by atoms with Crippen molar-refractivity contribution in [3.8, 4) is 11.5 Å². The summed E-state index contributed by atoms with van der Waals surface area (Å²) in [5.74, 6) is 1.81. The van der Waals surface area contributed by atoms with Gasteiger partial charge in [-0.3, -0.25) is 0 Å². The Bertz CT molecular complexity index is 559. The smallest absolute Gasteiger partial charge is 0.119 e. The van der Waals surface area contributed by atoms with Crippen LogP contribution in [0.25, 0.3) is 0 Å². The zero-order valence-electron chi connectivity index (χ0n) is 13.1. The molecule has 0 aliphatic carbocycles. The number of hydrogen-bond donors (Lipinski definition) is 0. The number of hydrogen-bond acceptors (Lipinski definition) is 3. The van der Waals surface area contributed by atoms with E-state index >= 15 is 0 Å². The van der Waals surface area contributed by atoms with Gasteiger partial charge in [0, 0.05) is 9.64 Å². The average molecular weight is 302 g/mol. The molecule has 3 heteroatoms. The molecule has 0 fully saturated rings. The predicted octanol–water partition coefficient (Wildman–Crippen LogP) is 5.12. The number of rotatable bonds is 6. The summed E-state index contributed by atoms with van der Waals surface area (Å²) in [6, 6.07) is 16.5. The Hall–Kier alpha value is -1.61. The highest BCUT2D eigenvalue weighted by Crippen LogP contribution is 2.41. The Morgan fingerprint density at radius 3 is 2.00 bits per heavy atom. The van der Waals surface area contributed by atoms with Crippen LogP contribution >= 0.6 is 11.8 Å². The molecule has 0 radical (unpaired) electrons. The van der Waals surface area contributed by atoms with Gasteiger partial charge in [-0.15, -0.1) is 11.8 Å². The van der Waals surface area contributed by atoms with Gasteiger partial charge in [-0.1, -0.05) is 12.1 Å². The zero-order chi connectivity index (χ0) is 15.3. The summed E-state index contributed by atoms with van der Waals surface area (Å²) in [6.45, 7) is 7.16. The lowest BCUT2D eigenvalue weighted by Crippen LogP contribution is -2.11. The third-order valence-corrected chi connectivity index (χ3v) is 4.55. The standard InChI is InChI=1S/C18H22O2S/c1-5-20-16-8-6-14(7-9-16)18(2,3)21-17-12-10-15(19-4)11-13-17/h6-13H,5H2,1-4H3. The molecule has 0 aromatic heterocycles. The van der Waals surface area contributed by atoms with Gasteiger partial charge in [-0.25, -0.2) is 0 Å². The van der Waals surface area contributed by atoms with Gasteiger partial charge in [0.2, 0.25) is 0 Å². The van der Waals surface area contributed by atoms with E-state index in [2.05, 4.69) is 38.1 Å². The van der Waals surface area contributed by atoms with Crippen molar-refractivity contribution in [2.75, 3.05) is 13.7 Å². The summed E-state index contributed by atoms with van der Waals surface area (Å²) in [7, 11) is 1.69. The number of benzene rings is 2. The third kappa shape index (κ3) is 4.18. The molecular weight excluding hydrogens is 280 g/mol. The van der Waals surface area contributed by atoms with Crippen molar-refractivity contribution in [1.82, 2.24) is 0 Å². The SMILES string of the molecule is CCOc1ccc(C(C)(C)Sc2ccc(OC)cc2)cc1. The van der Waals surface area contributed by atoms with Crippen molar-refractivity contribution in [3.05, 3.63) is 54.1 Å². The number of thioether (sulfide) groups is 1. The summed E-state index contributed by atoms with van der Waals surface area (Å²) >= 11 is 1.84. The third-order valence-electron chi connectivity index (χ3n) is 3.29. The van der Waals surface area contributed by atoms with Crippen molar-refractivity contribution in [3.63, 3.8) is 0 Å². The maximum absolute atomic E-state index is 5.50. The van der Waals surface area contributed by atoms with E-state index in [1.807, 2.05) is 43.0 Å². The molecule has 21 heavy (non-hydrogen) atoms. The molecule has 0 spiro atoms. The van der Waals surface area contributed by atoms with Gasteiger partial charge in [0.25, 0.3) is 0 Å². The van der Waals surface area contributed by atoms with Crippen molar-refractivity contribution >= 4 is 11.8 Å². The van der Waals surface area contributed by atoms with Gasteiger partial charge in [0.15, 0.2) is 0 Å². The van der Waals surface area contributed by atoms with Gasteiger partial charge in [-0.2, -0.15) is 0 Å². The predicted molar refractivity (Wildman–Crippen MR) is 89.5 cm³/mol. The Labute approximate surface area is 131 Å². The second kappa shape index (κ2) is 6.90. The first-order valence-electron chi connectivity index (χ1n) is 7.11. The van der Waals surface area contributed by atoms with E-state index in [1.54, 1.807) is 7.11 Å². The number of ether oxygens (including phenoxy) is 2. The maximum Gasteiger partial charge on any atom is 0.119 e. The lowest BCUT2D eigenvalue weighted by molar-refractivity contribution is 0.340. The second-order valence-electron chi connectivity index (χ2n) is 5.25. The molecule has 2 rings (SSSR count). The molecule has 0 saturated heterocycles. The topological polar surface area (TPSA) is 18.5 Å². The fourth-order valence-electron chi connectivity index (χ4n) is 2.12. The minimum Gasteiger partial charge on any atom is -0.497 e. The van der Waals surface area contributed by atoms with E-state index in [-0.39, 0.29) is 4.75 Å². The van der Waals surface area contributed by atoms with Crippen LogP contribution < -0.4 is 9.47 Å². The van der Waals surface area contributed by atoms with E-state index in [0.29, 0.717) is 6.61 Å². The highest BCUT2D eigenvalue weighted by Gasteiger charge is 2.22. The molecule has 0 aliphatic heterocycles. The molecule has 0 saturated carbocycles.